The van der Waals surface area contributed by atoms with E-state index >= 15 is 0 Å². The van der Waals surface area contributed by atoms with Crippen molar-refractivity contribution >= 4 is 23.1 Å². The molecular formula is C13H13FN4O. The first-order valence-corrected chi connectivity index (χ1v) is 5.57. The van der Waals surface area contributed by atoms with Gasteiger partial charge in [-0.2, -0.15) is 0 Å². The molecule has 0 aliphatic carbocycles. The maximum atomic E-state index is 13.6. The number of nitrogen functional groups attached to an aromatic ring is 1. The number of rotatable bonds is 3. The van der Waals surface area contributed by atoms with E-state index in [0.717, 1.165) is 5.56 Å². The first kappa shape index (κ1) is 12.8. The van der Waals surface area contributed by atoms with Crippen LogP contribution in [0.25, 0.3) is 0 Å². The fraction of sp³-hybridized carbons (Fsp3) is 0.0769. The number of nitrogens with two attached hydrogens (primary N) is 2. The van der Waals surface area contributed by atoms with E-state index in [-0.39, 0.29) is 17.2 Å². The number of halogens is 1. The van der Waals surface area contributed by atoms with Crippen LogP contribution in [0.3, 0.4) is 0 Å². The van der Waals surface area contributed by atoms with Crippen molar-refractivity contribution in [3.05, 3.63) is 47.4 Å². The van der Waals surface area contributed by atoms with Gasteiger partial charge in [0.05, 0.1) is 11.4 Å². The van der Waals surface area contributed by atoms with Crippen LogP contribution in [0.15, 0.2) is 30.3 Å². The van der Waals surface area contributed by atoms with Crippen molar-refractivity contribution in [1.29, 1.82) is 0 Å². The Morgan fingerprint density at radius 1 is 1.32 bits per heavy atom. The topological polar surface area (TPSA) is 94.0 Å². The van der Waals surface area contributed by atoms with Crippen molar-refractivity contribution in [2.24, 2.45) is 5.73 Å². The van der Waals surface area contributed by atoms with Gasteiger partial charge >= 0.3 is 0 Å². The van der Waals surface area contributed by atoms with Crippen LogP contribution in [0, 0.1) is 12.7 Å². The van der Waals surface area contributed by atoms with Gasteiger partial charge in [0, 0.05) is 0 Å². The molecule has 0 radical (unpaired) electrons. The molecule has 2 rings (SSSR count). The molecule has 5 N–H and O–H groups in total. The highest BCUT2D eigenvalue weighted by Crippen LogP contribution is 2.24. The molecule has 1 amide bonds. The Morgan fingerprint density at radius 3 is 2.74 bits per heavy atom. The molecule has 98 valence electrons. The number of carbonyl (C=O) groups is 1. The Balaban J connectivity index is 2.40. The number of pyridine rings is 1. The van der Waals surface area contributed by atoms with E-state index in [9.17, 15) is 9.18 Å². The summed E-state index contributed by atoms with van der Waals surface area (Å²) in [6.07, 6.45) is 0. The fourth-order valence-corrected chi connectivity index (χ4v) is 1.57. The number of nitrogens with zero attached hydrogens (tertiary/aromatic N) is 1. The first-order chi connectivity index (χ1) is 8.97. The Kier molecular flexibility index (Phi) is 3.33. The number of nitrogens with one attached hydrogen (secondary N) is 1. The van der Waals surface area contributed by atoms with E-state index < -0.39 is 11.7 Å². The lowest BCUT2D eigenvalue weighted by molar-refractivity contribution is 0.0996. The zero-order chi connectivity index (χ0) is 14.0. The average Bonchev–Trinajstić information content (AvgIpc) is 2.36. The van der Waals surface area contributed by atoms with Crippen molar-refractivity contribution in [2.45, 2.75) is 6.92 Å². The monoisotopic (exact) mass is 260 g/mol. The lowest BCUT2D eigenvalue weighted by atomic mass is 10.2. The summed E-state index contributed by atoms with van der Waals surface area (Å²) in [5.41, 5.74) is 12.3. The minimum atomic E-state index is -0.673. The zero-order valence-electron chi connectivity index (χ0n) is 10.3. The first-order valence-electron chi connectivity index (χ1n) is 5.57. The molecule has 2 aromatic rings. The van der Waals surface area contributed by atoms with Crippen LogP contribution in [0.5, 0.6) is 0 Å². The van der Waals surface area contributed by atoms with Gasteiger partial charge in [-0.3, -0.25) is 4.79 Å². The molecule has 0 saturated heterocycles. The number of primary amides is 1. The molecular weight excluding hydrogens is 247 g/mol. The molecule has 5 nitrogen and oxygen atoms in total. The van der Waals surface area contributed by atoms with Gasteiger partial charge in [-0.1, -0.05) is 6.07 Å². The Labute approximate surface area is 109 Å². The molecule has 0 unspecified atom stereocenters. The van der Waals surface area contributed by atoms with Crippen molar-refractivity contribution in [3.63, 3.8) is 0 Å². The Morgan fingerprint density at radius 2 is 2.05 bits per heavy atom. The summed E-state index contributed by atoms with van der Waals surface area (Å²) in [5.74, 6) is -0.912. The third-order valence-electron chi connectivity index (χ3n) is 2.55. The highest BCUT2D eigenvalue weighted by atomic mass is 19.1. The van der Waals surface area contributed by atoms with Crippen molar-refractivity contribution in [2.75, 3.05) is 11.1 Å². The molecule has 1 aromatic carbocycles. The van der Waals surface area contributed by atoms with Crippen molar-refractivity contribution < 1.29 is 9.18 Å². The SMILES string of the molecule is Cc1ccc(F)c(Nc2nc(C(N)=O)ccc2N)c1. The number of carbonyl (C=O) groups excluding carboxylic acids is 1. The maximum Gasteiger partial charge on any atom is 0.267 e. The number of amides is 1. The van der Waals surface area contributed by atoms with Crippen molar-refractivity contribution in [3.8, 4) is 0 Å². The standard InChI is InChI=1S/C13H13FN4O/c1-7-2-3-8(14)11(6-7)18-13-9(15)4-5-10(17-13)12(16)19/h2-6H,15H2,1H3,(H2,16,19)(H,17,18). The van der Waals surface area contributed by atoms with Gasteiger partial charge in [-0.05, 0) is 36.8 Å². The molecule has 0 saturated carbocycles. The molecule has 0 atom stereocenters. The van der Waals surface area contributed by atoms with E-state index in [2.05, 4.69) is 10.3 Å². The predicted octanol–water partition coefficient (Wildman–Crippen LogP) is 1.95. The van der Waals surface area contributed by atoms with E-state index in [1.54, 1.807) is 12.1 Å². The number of hydrogen-bond acceptors (Lipinski definition) is 4. The molecule has 0 spiro atoms. The van der Waals surface area contributed by atoms with E-state index in [1.807, 2.05) is 6.92 Å². The van der Waals surface area contributed by atoms with Crippen LogP contribution in [-0.2, 0) is 0 Å². The number of benzene rings is 1. The summed E-state index contributed by atoms with van der Waals surface area (Å²) in [5, 5.41) is 2.76. The molecule has 1 aromatic heterocycles. The van der Waals surface area contributed by atoms with Gasteiger partial charge in [0.1, 0.15) is 11.5 Å². The molecule has 19 heavy (non-hydrogen) atoms. The summed E-state index contributed by atoms with van der Waals surface area (Å²) in [6.45, 7) is 1.83. The second-order valence-electron chi connectivity index (χ2n) is 4.11. The summed E-state index contributed by atoms with van der Waals surface area (Å²) in [6, 6.07) is 7.51. The minimum absolute atomic E-state index is 0.0600. The normalized spacial score (nSPS) is 10.2. The van der Waals surface area contributed by atoms with Gasteiger partial charge in [0.25, 0.3) is 5.91 Å². The fourth-order valence-electron chi connectivity index (χ4n) is 1.57. The van der Waals surface area contributed by atoms with Gasteiger partial charge in [0.15, 0.2) is 5.82 Å². The molecule has 0 aliphatic rings. The largest absolute Gasteiger partial charge is 0.396 e. The van der Waals surface area contributed by atoms with Crippen LogP contribution < -0.4 is 16.8 Å². The van der Waals surface area contributed by atoms with Crippen LogP contribution in [0.1, 0.15) is 16.1 Å². The van der Waals surface area contributed by atoms with Crippen LogP contribution in [0.4, 0.5) is 21.6 Å². The zero-order valence-corrected chi connectivity index (χ0v) is 10.3. The Bertz CT molecular complexity index is 643. The summed E-state index contributed by atoms with van der Waals surface area (Å²) >= 11 is 0. The van der Waals surface area contributed by atoms with Crippen LogP contribution >= 0.6 is 0 Å². The number of anilines is 3. The second-order valence-corrected chi connectivity index (χ2v) is 4.11. The lowest BCUT2D eigenvalue weighted by Crippen LogP contribution is -2.14. The average molecular weight is 260 g/mol. The molecule has 6 heteroatoms. The summed E-state index contributed by atoms with van der Waals surface area (Å²) in [4.78, 5) is 15.0. The van der Waals surface area contributed by atoms with Gasteiger partial charge in [-0.15, -0.1) is 0 Å². The lowest BCUT2D eigenvalue weighted by Gasteiger charge is -2.10. The third kappa shape index (κ3) is 2.79. The highest BCUT2D eigenvalue weighted by molar-refractivity contribution is 5.92. The Hall–Kier alpha value is -2.63. The maximum absolute atomic E-state index is 13.6. The quantitative estimate of drug-likeness (QED) is 0.786. The number of aryl methyl sites for hydroxylation is 1. The smallest absolute Gasteiger partial charge is 0.267 e. The van der Waals surface area contributed by atoms with E-state index in [0.29, 0.717) is 5.69 Å². The predicted molar refractivity (Wildman–Crippen MR) is 71.6 cm³/mol. The van der Waals surface area contributed by atoms with E-state index in [1.165, 1.54) is 18.2 Å². The second kappa shape index (κ2) is 4.93. The molecule has 0 aliphatic heterocycles. The summed E-state index contributed by atoms with van der Waals surface area (Å²) < 4.78 is 13.6. The molecule has 0 fully saturated rings. The van der Waals surface area contributed by atoms with Crippen LogP contribution in [0.2, 0.25) is 0 Å². The van der Waals surface area contributed by atoms with E-state index in [4.69, 9.17) is 11.5 Å². The third-order valence-corrected chi connectivity index (χ3v) is 2.55. The van der Waals surface area contributed by atoms with Gasteiger partial charge < -0.3 is 16.8 Å². The van der Waals surface area contributed by atoms with Crippen molar-refractivity contribution in [1.82, 2.24) is 4.98 Å². The number of aromatic nitrogens is 1. The number of hydrogen-bond donors (Lipinski definition) is 3. The summed E-state index contributed by atoms with van der Waals surface area (Å²) in [7, 11) is 0. The highest BCUT2D eigenvalue weighted by Gasteiger charge is 2.09. The molecule has 0 bridgehead atoms. The molecule has 1 heterocycles. The van der Waals surface area contributed by atoms with Gasteiger partial charge in [0.2, 0.25) is 0 Å². The van der Waals surface area contributed by atoms with Crippen LogP contribution in [-0.4, -0.2) is 10.9 Å². The minimum Gasteiger partial charge on any atom is -0.396 e. The van der Waals surface area contributed by atoms with Gasteiger partial charge in [-0.25, -0.2) is 9.37 Å².